The van der Waals surface area contributed by atoms with Crippen LogP contribution in [0.25, 0.3) is 21.5 Å². The van der Waals surface area contributed by atoms with Gasteiger partial charge in [-0.1, -0.05) is 60.7 Å². The molecule has 0 saturated heterocycles. The van der Waals surface area contributed by atoms with E-state index in [2.05, 4.69) is 20.1 Å². The number of aromatic hydroxyl groups is 2. The smallest absolute Gasteiger partial charge is 0.323 e. The Morgan fingerprint density at radius 2 is 0.821 bits per heavy atom. The predicted molar refractivity (Wildman–Crippen MR) is 207 cm³/mol. The van der Waals surface area contributed by atoms with Crippen LogP contribution in [0.2, 0.25) is 0 Å². The summed E-state index contributed by atoms with van der Waals surface area (Å²) in [4.78, 5) is 11.0. The van der Waals surface area contributed by atoms with Gasteiger partial charge in [0, 0.05) is 32.9 Å². The van der Waals surface area contributed by atoms with E-state index in [1.807, 2.05) is 0 Å². The number of carbonyl (C=O) groups is 1. The molecule has 56 heavy (non-hydrogen) atoms. The summed E-state index contributed by atoms with van der Waals surface area (Å²) in [5.74, 6) is -1.23. The molecule has 0 saturated carbocycles. The number of phenolic OH excluding ortho intramolecular Hbond substituents is 2. The van der Waals surface area contributed by atoms with Crippen LogP contribution in [-0.2, 0) is 40.3 Å². The van der Waals surface area contributed by atoms with Crippen LogP contribution in [0.3, 0.4) is 0 Å². The van der Waals surface area contributed by atoms with Gasteiger partial charge in [0.25, 0.3) is 40.3 Å². The van der Waals surface area contributed by atoms with Crippen molar-refractivity contribution in [2.45, 2.75) is 33.4 Å². The molecule has 292 valence electrons. The van der Waals surface area contributed by atoms with Gasteiger partial charge in [-0.15, -0.1) is 0 Å². The van der Waals surface area contributed by atoms with Gasteiger partial charge in [-0.2, -0.15) is 16.8 Å². The van der Waals surface area contributed by atoms with Gasteiger partial charge < -0.3 is 20.8 Å². The van der Waals surface area contributed by atoms with Crippen LogP contribution in [-0.4, -0.2) is 59.0 Å². The number of nitrogens with one attached hydrogen (secondary N) is 4. The van der Waals surface area contributed by atoms with Gasteiger partial charge in [0.1, 0.15) is 21.3 Å². The molecular weight excluding hydrogens is 813 g/mol. The molecule has 17 nitrogen and oxygen atoms in total. The number of urea groups is 1. The van der Waals surface area contributed by atoms with Gasteiger partial charge in [0.05, 0.1) is 21.2 Å². The summed E-state index contributed by atoms with van der Waals surface area (Å²) in [6.45, 7) is 2.87. The SMILES string of the molecule is Cc1ccc(NC(=O)Nc2ccc(C)c(S(=O)(=O)Nc3cc(S(=O)(=O)O)c4ccccc4c3O)c2)cc1S(=O)(=O)Nc1cc(S(=O)(=O)O)c2ccccc2c1O. The summed E-state index contributed by atoms with van der Waals surface area (Å²) in [6, 6.07) is 19.3. The first kappa shape index (κ1) is 39.7. The van der Waals surface area contributed by atoms with Crippen LogP contribution in [0.5, 0.6) is 11.5 Å². The second kappa shape index (κ2) is 14.3. The standard InChI is InChI=1S/C35H30N4O13S4/c1-19-11-13-21(15-29(19)53(43,44)38-27-17-31(55(47,48)49)23-7-3-5-9-25(23)33(27)40)36-35(42)37-22-14-12-20(2)30(16-22)54(45,46)39-28-18-32(56(50,51)52)24-8-4-6-10-26(24)34(28)41/h3-18,38-41H,1-2H3,(H2,36,37,42)(H,47,48,49)(H,50,51,52). The van der Waals surface area contributed by atoms with Crippen molar-refractivity contribution in [1.82, 2.24) is 0 Å². The van der Waals surface area contributed by atoms with Crippen molar-refractivity contribution in [1.29, 1.82) is 0 Å². The molecule has 0 aliphatic carbocycles. The lowest BCUT2D eigenvalue weighted by Gasteiger charge is -2.16. The number of hydrogen-bond donors (Lipinski definition) is 8. The van der Waals surface area contributed by atoms with E-state index < -0.39 is 79.0 Å². The second-order valence-corrected chi connectivity index (χ2v) is 18.4. The lowest BCUT2D eigenvalue weighted by molar-refractivity contribution is 0.262. The van der Waals surface area contributed by atoms with Gasteiger partial charge in [0.15, 0.2) is 0 Å². The Morgan fingerprint density at radius 3 is 1.16 bits per heavy atom. The zero-order valence-electron chi connectivity index (χ0n) is 28.8. The average Bonchev–Trinajstić information content (AvgIpc) is 3.11. The number of phenols is 2. The lowest BCUT2D eigenvalue weighted by Crippen LogP contribution is -2.21. The fourth-order valence-corrected chi connectivity index (χ4v) is 9.97. The van der Waals surface area contributed by atoms with E-state index in [0.717, 1.165) is 24.3 Å². The Balaban J connectivity index is 1.24. The van der Waals surface area contributed by atoms with Crippen molar-refractivity contribution < 1.29 is 57.8 Å². The van der Waals surface area contributed by atoms with E-state index in [1.165, 1.54) is 86.6 Å². The van der Waals surface area contributed by atoms with Crippen LogP contribution in [0.15, 0.2) is 117 Å². The van der Waals surface area contributed by atoms with E-state index in [9.17, 15) is 57.8 Å². The van der Waals surface area contributed by atoms with E-state index in [4.69, 9.17) is 0 Å². The lowest BCUT2D eigenvalue weighted by atomic mass is 10.1. The highest BCUT2D eigenvalue weighted by Gasteiger charge is 2.26. The molecule has 8 N–H and O–H groups in total. The largest absolute Gasteiger partial charge is 0.505 e. The minimum absolute atomic E-state index is 0.0575. The number of benzene rings is 6. The number of fused-ring (bicyclic) bond motifs is 2. The first-order valence-electron chi connectivity index (χ1n) is 15.9. The molecule has 0 unspecified atom stereocenters. The first-order chi connectivity index (χ1) is 26.1. The van der Waals surface area contributed by atoms with Crippen LogP contribution in [0, 0.1) is 13.8 Å². The number of sulfonamides is 2. The molecule has 0 fully saturated rings. The van der Waals surface area contributed by atoms with Crippen molar-refractivity contribution in [3.63, 3.8) is 0 Å². The minimum Gasteiger partial charge on any atom is -0.505 e. The fourth-order valence-electron chi connectivity index (χ4n) is 5.86. The molecule has 21 heteroatoms. The topological polar surface area (TPSA) is 283 Å². The number of amides is 2. The van der Waals surface area contributed by atoms with Crippen LogP contribution in [0.1, 0.15) is 11.1 Å². The maximum atomic E-state index is 13.6. The van der Waals surface area contributed by atoms with Crippen LogP contribution < -0.4 is 20.1 Å². The molecule has 6 aromatic rings. The summed E-state index contributed by atoms with van der Waals surface area (Å²) in [6.07, 6.45) is 0. The van der Waals surface area contributed by atoms with Gasteiger partial charge in [-0.3, -0.25) is 18.5 Å². The fraction of sp³-hybridized carbons (Fsp3) is 0.0571. The summed E-state index contributed by atoms with van der Waals surface area (Å²) in [7, 11) is -18.9. The van der Waals surface area contributed by atoms with E-state index in [0.29, 0.717) is 0 Å². The van der Waals surface area contributed by atoms with Gasteiger partial charge in [-0.05, 0) is 61.4 Å². The number of anilines is 4. The number of rotatable bonds is 10. The Labute approximate surface area is 320 Å². The van der Waals surface area contributed by atoms with E-state index in [-0.39, 0.29) is 53.8 Å². The molecule has 0 atom stereocenters. The van der Waals surface area contributed by atoms with Crippen molar-refractivity contribution in [2.75, 3.05) is 20.1 Å². The Hall–Kier alpha value is -5.97. The first-order valence-corrected chi connectivity index (χ1v) is 21.7. The zero-order chi connectivity index (χ0) is 41.0. The molecule has 0 heterocycles. The molecule has 0 aromatic heterocycles. The highest BCUT2D eigenvalue weighted by Crippen LogP contribution is 2.40. The van der Waals surface area contributed by atoms with Crippen molar-refractivity contribution in [3.8, 4) is 11.5 Å². The Bertz CT molecular complexity index is 2880. The molecule has 0 aliphatic rings. The van der Waals surface area contributed by atoms with Crippen molar-refractivity contribution in [2.24, 2.45) is 0 Å². The quantitative estimate of drug-likeness (QED) is 0.0602. The third-order valence-electron chi connectivity index (χ3n) is 8.47. The van der Waals surface area contributed by atoms with E-state index in [1.54, 1.807) is 0 Å². The highest BCUT2D eigenvalue weighted by atomic mass is 32.2. The number of carbonyl (C=O) groups excluding carboxylic acids is 1. The normalized spacial score (nSPS) is 12.4. The molecule has 0 aliphatic heterocycles. The summed E-state index contributed by atoms with van der Waals surface area (Å²) in [5.41, 5.74) is -0.861. The third kappa shape index (κ3) is 7.89. The Kier molecular flexibility index (Phi) is 10.1. The van der Waals surface area contributed by atoms with Gasteiger partial charge in [0.2, 0.25) is 0 Å². The molecular formula is C35H30N4O13S4. The second-order valence-electron chi connectivity index (χ2n) is 12.3. The maximum absolute atomic E-state index is 13.6. The molecule has 0 bridgehead atoms. The van der Waals surface area contributed by atoms with Crippen LogP contribution >= 0.6 is 0 Å². The minimum atomic E-state index is -4.86. The molecule has 6 rings (SSSR count). The summed E-state index contributed by atoms with van der Waals surface area (Å²) < 4.78 is 127. The van der Waals surface area contributed by atoms with Crippen LogP contribution in [0.4, 0.5) is 27.5 Å². The molecule has 0 spiro atoms. The average molecular weight is 843 g/mol. The maximum Gasteiger partial charge on any atom is 0.323 e. The summed E-state index contributed by atoms with van der Waals surface area (Å²) >= 11 is 0. The van der Waals surface area contributed by atoms with Crippen molar-refractivity contribution in [3.05, 3.63) is 108 Å². The molecule has 2 amide bonds. The van der Waals surface area contributed by atoms with Gasteiger partial charge >= 0.3 is 6.03 Å². The molecule has 0 radical (unpaired) electrons. The Morgan fingerprint density at radius 1 is 0.482 bits per heavy atom. The summed E-state index contributed by atoms with van der Waals surface area (Å²) in [5, 5.41) is 26.3. The monoisotopic (exact) mass is 842 g/mol. The molecule has 6 aromatic carbocycles. The van der Waals surface area contributed by atoms with E-state index >= 15 is 0 Å². The van der Waals surface area contributed by atoms with Crippen molar-refractivity contribution >= 4 is 90.6 Å². The number of hydrogen-bond acceptors (Lipinski definition) is 11. The highest BCUT2D eigenvalue weighted by molar-refractivity contribution is 7.93. The zero-order valence-corrected chi connectivity index (χ0v) is 32.1. The predicted octanol–water partition coefficient (Wildman–Crippen LogP) is 5.76. The van der Waals surface area contributed by atoms with Gasteiger partial charge in [-0.25, -0.2) is 21.6 Å². The number of aryl methyl sites for hydroxylation is 2. The third-order valence-corrected chi connectivity index (χ3v) is 13.3.